The van der Waals surface area contributed by atoms with E-state index in [0.29, 0.717) is 11.5 Å². The Hall–Kier alpha value is -2.63. The topological polar surface area (TPSA) is 61.4 Å². The molecule has 1 aromatic heterocycles. The van der Waals surface area contributed by atoms with Gasteiger partial charge in [-0.3, -0.25) is 4.79 Å². The van der Waals surface area contributed by atoms with Gasteiger partial charge in [-0.25, -0.2) is 0 Å². The Morgan fingerprint density at radius 3 is 2.27 bits per heavy atom. The Bertz CT molecular complexity index is 704. The molecule has 1 aliphatic rings. The lowest BCUT2D eigenvalue weighted by Crippen LogP contribution is -2.36. The van der Waals surface area contributed by atoms with Crippen molar-refractivity contribution in [1.29, 1.82) is 0 Å². The second-order valence-electron chi connectivity index (χ2n) is 6.50. The number of anilines is 3. The Morgan fingerprint density at radius 1 is 1.00 bits per heavy atom. The highest BCUT2D eigenvalue weighted by Gasteiger charge is 2.19. The van der Waals surface area contributed by atoms with Gasteiger partial charge < -0.3 is 15.1 Å². The summed E-state index contributed by atoms with van der Waals surface area (Å²) in [7, 11) is 0. The normalized spacial score (nSPS) is 14.2. The maximum atomic E-state index is 12.4. The highest BCUT2D eigenvalue weighted by Crippen LogP contribution is 2.20. The average molecular weight is 353 g/mol. The third kappa shape index (κ3) is 4.31. The van der Waals surface area contributed by atoms with Crippen LogP contribution in [0.25, 0.3) is 0 Å². The fourth-order valence-electron chi connectivity index (χ4n) is 3.26. The number of amides is 1. The number of piperidine rings is 1. The number of carbonyl (C=O) groups is 1. The van der Waals surface area contributed by atoms with E-state index >= 15 is 0 Å². The van der Waals surface area contributed by atoms with Gasteiger partial charge in [-0.15, -0.1) is 10.2 Å². The van der Waals surface area contributed by atoms with Crippen molar-refractivity contribution >= 4 is 23.1 Å². The first kappa shape index (κ1) is 18.2. The number of nitrogens with zero attached hydrogens (tertiary/aromatic N) is 4. The van der Waals surface area contributed by atoms with E-state index in [-0.39, 0.29) is 5.91 Å². The molecule has 0 unspecified atom stereocenters. The van der Waals surface area contributed by atoms with Crippen molar-refractivity contribution in [1.82, 2.24) is 15.1 Å². The first-order valence-electron chi connectivity index (χ1n) is 9.46. The molecule has 0 atom stereocenters. The number of hydrogen-bond donors (Lipinski definition) is 1. The smallest absolute Gasteiger partial charge is 0.274 e. The van der Waals surface area contributed by atoms with Crippen molar-refractivity contribution in [2.45, 2.75) is 33.1 Å². The molecule has 1 fully saturated rings. The lowest BCUT2D eigenvalue weighted by Gasteiger charge is -2.26. The van der Waals surface area contributed by atoms with Gasteiger partial charge in [-0.2, -0.15) is 0 Å². The molecule has 1 aromatic carbocycles. The van der Waals surface area contributed by atoms with Gasteiger partial charge in [0.15, 0.2) is 11.5 Å². The second kappa shape index (κ2) is 8.65. The quantitative estimate of drug-likeness (QED) is 0.858. The van der Waals surface area contributed by atoms with E-state index < -0.39 is 0 Å². The summed E-state index contributed by atoms with van der Waals surface area (Å²) in [5, 5.41) is 11.5. The van der Waals surface area contributed by atoms with Gasteiger partial charge in [-0.1, -0.05) is 0 Å². The predicted molar refractivity (Wildman–Crippen MR) is 105 cm³/mol. The molecule has 138 valence electrons. The number of nitrogens with one attached hydrogen (secondary N) is 1. The molecule has 26 heavy (non-hydrogen) atoms. The van der Waals surface area contributed by atoms with Gasteiger partial charge in [0, 0.05) is 37.6 Å². The van der Waals surface area contributed by atoms with Crippen LogP contribution in [0.5, 0.6) is 0 Å². The number of benzene rings is 1. The van der Waals surface area contributed by atoms with Crippen LogP contribution >= 0.6 is 0 Å². The lowest BCUT2D eigenvalue weighted by molar-refractivity contribution is 0.0717. The zero-order valence-corrected chi connectivity index (χ0v) is 15.6. The van der Waals surface area contributed by atoms with Crippen LogP contribution in [-0.2, 0) is 0 Å². The van der Waals surface area contributed by atoms with Gasteiger partial charge in [0.25, 0.3) is 5.91 Å². The number of hydrogen-bond acceptors (Lipinski definition) is 5. The van der Waals surface area contributed by atoms with Crippen LogP contribution in [0.2, 0.25) is 0 Å². The van der Waals surface area contributed by atoms with Crippen molar-refractivity contribution in [2.75, 3.05) is 36.4 Å². The van der Waals surface area contributed by atoms with Crippen molar-refractivity contribution in [3.05, 3.63) is 42.1 Å². The van der Waals surface area contributed by atoms with Crippen LogP contribution < -0.4 is 10.2 Å². The van der Waals surface area contributed by atoms with Crippen LogP contribution in [0.15, 0.2) is 36.4 Å². The van der Waals surface area contributed by atoms with E-state index in [1.165, 1.54) is 12.1 Å². The molecule has 1 aliphatic heterocycles. The van der Waals surface area contributed by atoms with Crippen molar-refractivity contribution in [3.63, 3.8) is 0 Å². The van der Waals surface area contributed by atoms with E-state index in [2.05, 4.69) is 46.4 Å². The molecule has 1 amide bonds. The lowest BCUT2D eigenvalue weighted by atomic mass is 10.1. The molecule has 0 spiro atoms. The molecule has 0 saturated carbocycles. The molecule has 2 heterocycles. The Balaban J connectivity index is 1.63. The minimum atomic E-state index is -0.0210. The highest BCUT2D eigenvalue weighted by atomic mass is 16.2. The highest BCUT2D eigenvalue weighted by molar-refractivity contribution is 5.92. The van der Waals surface area contributed by atoms with Gasteiger partial charge in [-0.05, 0) is 69.5 Å². The fourth-order valence-corrected chi connectivity index (χ4v) is 3.26. The Kier molecular flexibility index (Phi) is 6.04. The fraction of sp³-hybridized carbons (Fsp3) is 0.450. The molecule has 6 nitrogen and oxygen atoms in total. The van der Waals surface area contributed by atoms with Crippen molar-refractivity contribution < 1.29 is 4.79 Å². The minimum Gasteiger partial charge on any atom is -0.372 e. The molecule has 1 N–H and O–H groups in total. The number of carbonyl (C=O) groups excluding carboxylic acids is 1. The first-order valence-corrected chi connectivity index (χ1v) is 9.46. The number of rotatable bonds is 6. The molecular formula is C20H27N5O. The summed E-state index contributed by atoms with van der Waals surface area (Å²) in [6.45, 7) is 7.91. The standard InChI is InChI=1S/C20H27N5O/c1-3-24(4-2)17-10-8-16(9-11-17)21-19-13-12-18(22-23-19)20(26)25-14-6-5-7-15-25/h8-13H,3-7,14-15H2,1-2H3,(H,21,23). The molecule has 1 saturated heterocycles. The van der Waals surface area contributed by atoms with E-state index in [4.69, 9.17) is 0 Å². The SMILES string of the molecule is CCN(CC)c1ccc(Nc2ccc(C(=O)N3CCCCC3)nn2)cc1. The van der Waals surface area contributed by atoms with Crippen molar-refractivity contribution in [3.8, 4) is 0 Å². The average Bonchev–Trinajstić information content (AvgIpc) is 2.71. The van der Waals surface area contributed by atoms with E-state index in [1.807, 2.05) is 23.1 Å². The number of likely N-dealkylation sites (tertiary alicyclic amines) is 1. The van der Waals surface area contributed by atoms with Crippen LogP contribution in [0.4, 0.5) is 17.2 Å². The summed E-state index contributed by atoms with van der Waals surface area (Å²) in [6.07, 6.45) is 3.34. The summed E-state index contributed by atoms with van der Waals surface area (Å²) < 4.78 is 0. The van der Waals surface area contributed by atoms with Crippen LogP contribution in [0.3, 0.4) is 0 Å². The molecule has 2 aromatic rings. The Morgan fingerprint density at radius 2 is 1.69 bits per heavy atom. The zero-order valence-electron chi connectivity index (χ0n) is 15.6. The summed E-state index contributed by atoms with van der Waals surface area (Å²) in [5.74, 6) is 0.614. The summed E-state index contributed by atoms with van der Waals surface area (Å²) in [6, 6.07) is 11.8. The predicted octanol–water partition coefficient (Wildman–Crippen LogP) is 3.69. The molecule has 0 radical (unpaired) electrons. The van der Waals surface area contributed by atoms with Crippen molar-refractivity contribution in [2.24, 2.45) is 0 Å². The van der Waals surface area contributed by atoms with E-state index in [1.54, 1.807) is 6.07 Å². The molecule has 0 aliphatic carbocycles. The van der Waals surface area contributed by atoms with Gasteiger partial charge in [0.1, 0.15) is 0 Å². The van der Waals surface area contributed by atoms with Gasteiger partial charge >= 0.3 is 0 Å². The zero-order chi connectivity index (χ0) is 18.4. The van der Waals surface area contributed by atoms with Crippen LogP contribution in [0.1, 0.15) is 43.6 Å². The molecule has 3 rings (SSSR count). The second-order valence-corrected chi connectivity index (χ2v) is 6.50. The maximum Gasteiger partial charge on any atom is 0.274 e. The number of aromatic nitrogens is 2. The first-order chi connectivity index (χ1) is 12.7. The van der Waals surface area contributed by atoms with E-state index in [9.17, 15) is 4.79 Å². The third-order valence-electron chi connectivity index (χ3n) is 4.80. The largest absolute Gasteiger partial charge is 0.372 e. The van der Waals surface area contributed by atoms with Gasteiger partial charge in [0.2, 0.25) is 0 Å². The molecular weight excluding hydrogens is 326 g/mol. The molecule has 6 heteroatoms. The molecule has 0 bridgehead atoms. The monoisotopic (exact) mass is 353 g/mol. The maximum absolute atomic E-state index is 12.4. The Labute approximate surface area is 155 Å². The minimum absolute atomic E-state index is 0.0210. The van der Waals surface area contributed by atoms with Crippen LogP contribution in [0, 0.1) is 0 Å². The third-order valence-corrected chi connectivity index (χ3v) is 4.80. The van der Waals surface area contributed by atoms with E-state index in [0.717, 1.165) is 44.7 Å². The summed E-state index contributed by atoms with van der Waals surface area (Å²) >= 11 is 0. The summed E-state index contributed by atoms with van der Waals surface area (Å²) in [5.41, 5.74) is 2.56. The summed E-state index contributed by atoms with van der Waals surface area (Å²) in [4.78, 5) is 16.6. The van der Waals surface area contributed by atoms with Gasteiger partial charge in [0.05, 0.1) is 0 Å². The van der Waals surface area contributed by atoms with Crippen LogP contribution in [-0.4, -0.2) is 47.2 Å².